The van der Waals surface area contributed by atoms with Gasteiger partial charge in [0.25, 0.3) is 0 Å². The van der Waals surface area contributed by atoms with Crippen molar-refractivity contribution in [1.82, 2.24) is 10.6 Å². The lowest BCUT2D eigenvalue weighted by Crippen LogP contribution is -2.39. The van der Waals surface area contributed by atoms with E-state index in [1.54, 1.807) is 13.0 Å². The van der Waals surface area contributed by atoms with Crippen molar-refractivity contribution in [3.8, 4) is 0 Å². The number of carbonyl (C=O) groups excluding carboxylic acids is 1. The largest absolute Gasteiger partial charge is 0.459 e. The zero-order chi connectivity index (χ0) is 18.3. The summed E-state index contributed by atoms with van der Waals surface area (Å²) >= 11 is 0. The zero-order valence-corrected chi connectivity index (χ0v) is 15.4. The van der Waals surface area contributed by atoms with Gasteiger partial charge < -0.3 is 15.4 Å². The van der Waals surface area contributed by atoms with Crippen molar-refractivity contribution < 1.29 is 13.9 Å². The summed E-state index contributed by atoms with van der Waals surface area (Å²) in [6.07, 6.45) is 0. The summed E-state index contributed by atoms with van der Waals surface area (Å²) in [6, 6.07) is 4.96. The number of halogens is 1. The van der Waals surface area contributed by atoms with Gasteiger partial charge in [-0.2, -0.15) is 0 Å². The van der Waals surface area contributed by atoms with Crippen LogP contribution in [0, 0.1) is 12.7 Å². The maximum absolute atomic E-state index is 13.7. The number of guanidine groups is 1. The number of carbonyl (C=O) groups is 1. The second kappa shape index (κ2) is 8.66. The minimum absolute atomic E-state index is 0.0818. The minimum atomic E-state index is -0.537. The van der Waals surface area contributed by atoms with Crippen LogP contribution in [0.15, 0.2) is 23.2 Å². The molecule has 0 amide bonds. The highest BCUT2D eigenvalue weighted by Crippen LogP contribution is 2.16. The van der Waals surface area contributed by atoms with Crippen LogP contribution in [0.4, 0.5) is 4.39 Å². The number of ether oxygens (including phenoxy) is 1. The zero-order valence-electron chi connectivity index (χ0n) is 15.4. The molecule has 0 saturated heterocycles. The van der Waals surface area contributed by atoms with Crippen LogP contribution in [0.2, 0.25) is 0 Å². The van der Waals surface area contributed by atoms with Gasteiger partial charge in [0, 0.05) is 6.54 Å². The fourth-order valence-corrected chi connectivity index (χ4v) is 2.00. The van der Waals surface area contributed by atoms with Gasteiger partial charge in [0.05, 0.1) is 6.04 Å². The number of nitrogens with one attached hydrogen (secondary N) is 2. The number of nitrogens with zero attached hydrogens (tertiary/aromatic N) is 1. The number of benzene rings is 1. The molecule has 5 nitrogen and oxygen atoms in total. The van der Waals surface area contributed by atoms with Gasteiger partial charge in [-0.25, -0.2) is 9.38 Å². The van der Waals surface area contributed by atoms with Crippen molar-refractivity contribution in [2.45, 2.75) is 53.2 Å². The van der Waals surface area contributed by atoms with Gasteiger partial charge in [0.2, 0.25) is 0 Å². The van der Waals surface area contributed by atoms with Gasteiger partial charge >= 0.3 is 5.97 Å². The molecule has 1 aromatic rings. The summed E-state index contributed by atoms with van der Waals surface area (Å²) in [6.45, 7) is 11.6. The van der Waals surface area contributed by atoms with Crippen LogP contribution in [0.1, 0.15) is 51.8 Å². The van der Waals surface area contributed by atoms with E-state index in [4.69, 9.17) is 4.74 Å². The number of rotatable bonds is 5. The Morgan fingerprint density at radius 3 is 2.58 bits per heavy atom. The van der Waals surface area contributed by atoms with Gasteiger partial charge in [-0.1, -0.05) is 12.1 Å². The van der Waals surface area contributed by atoms with E-state index in [1.807, 2.05) is 40.7 Å². The first-order chi connectivity index (χ1) is 11.1. The van der Waals surface area contributed by atoms with Crippen LogP contribution in [0.3, 0.4) is 0 Å². The Morgan fingerprint density at radius 2 is 2.04 bits per heavy atom. The van der Waals surface area contributed by atoms with Gasteiger partial charge in [0.1, 0.15) is 18.0 Å². The number of hydrogen-bond donors (Lipinski definition) is 2. The molecule has 0 aromatic heterocycles. The predicted molar refractivity (Wildman–Crippen MR) is 94.5 cm³/mol. The Balaban J connectivity index is 2.75. The molecule has 134 valence electrons. The molecule has 6 heteroatoms. The fraction of sp³-hybridized carbons (Fsp3) is 0.556. The maximum Gasteiger partial charge on any atom is 0.328 e. The molecule has 0 heterocycles. The van der Waals surface area contributed by atoms with Crippen molar-refractivity contribution >= 4 is 11.9 Å². The molecule has 0 aliphatic carbocycles. The molecule has 2 N–H and O–H groups in total. The van der Waals surface area contributed by atoms with Crippen molar-refractivity contribution in [2.75, 3.05) is 13.1 Å². The second-order valence-electron chi connectivity index (χ2n) is 6.66. The van der Waals surface area contributed by atoms with Crippen molar-refractivity contribution in [3.05, 3.63) is 35.1 Å². The van der Waals surface area contributed by atoms with Crippen molar-refractivity contribution in [2.24, 2.45) is 4.99 Å². The highest BCUT2D eigenvalue weighted by Gasteiger charge is 2.16. The molecule has 1 rings (SSSR count). The first-order valence-corrected chi connectivity index (χ1v) is 8.15. The van der Waals surface area contributed by atoms with Crippen molar-refractivity contribution in [3.63, 3.8) is 0 Å². The summed E-state index contributed by atoms with van der Waals surface area (Å²) in [4.78, 5) is 16.0. The van der Waals surface area contributed by atoms with Crippen LogP contribution >= 0.6 is 0 Å². The molecular formula is C18H28FN3O2. The second-order valence-corrected chi connectivity index (χ2v) is 6.66. The van der Waals surface area contributed by atoms with E-state index in [9.17, 15) is 9.18 Å². The Hall–Kier alpha value is -2.11. The molecular weight excluding hydrogens is 309 g/mol. The van der Waals surface area contributed by atoms with E-state index in [-0.39, 0.29) is 18.4 Å². The summed E-state index contributed by atoms with van der Waals surface area (Å²) < 4.78 is 18.9. The van der Waals surface area contributed by atoms with Crippen LogP contribution in [0.25, 0.3) is 0 Å². The predicted octanol–water partition coefficient (Wildman–Crippen LogP) is 3.09. The normalized spacial score (nSPS) is 13.4. The van der Waals surface area contributed by atoms with Crippen LogP contribution in [0.5, 0.6) is 0 Å². The molecule has 0 aliphatic heterocycles. The average molecular weight is 337 g/mol. The van der Waals surface area contributed by atoms with Gasteiger partial charge in [0.15, 0.2) is 5.96 Å². The Morgan fingerprint density at radius 1 is 1.38 bits per heavy atom. The van der Waals surface area contributed by atoms with Crippen LogP contribution < -0.4 is 10.6 Å². The van der Waals surface area contributed by atoms with Gasteiger partial charge in [-0.3, -0.25) is 4.79 Å². The van der Waals surface area contributed by atoms with Crippen LogP contribution in [-0.2, 0) is 9.53 Å². The Kier molecular flexibility index (Phi) is 7.19. The fourth-order valence-electron chi connectivity index (χ4n) is 2.00. The number of esters is 1. The molecule has 0 aliphatic rings. The van der Waals surface area contributed by atoms with Gasteiger partial charge in [-0.05, 0) is 58.7 Å². The standard InChI is InChI=1S/C18H28FN3O2/c1-7-20-17(21-11-16(23)24-18(4,5)6)22-13(3)14-9-8-12(2)15(19)10-14/h8-10,13H,7,11H2,1-6H3,(H2,20,21,22). The topological polar surface area (TPSA) is 62.7 Å². The van der Waals surface area contributed by atoms with Gasteiger partial charge in [-0.15, -0.1) is 0 Å². The highest BCUT2D eigenvalue weighted by atomic mass is 19.1. The van der Waals surface area contributed by atoms with Crippen LogP contribution in [-0.4, -0.2) is 30.6 Å². The first kappa shape index (κ1) is 19.9. The lowest BCUT2D eigenvalue weighted by Gasteiger charge is -2.20. The Labute approximate surface area is 143 Å². The maximum atomic E-state index is 13.7. The quantitative estimate of drug-likeness (QED) is 0.492. The third-order valence-electron chi connectivity index (χ3n) is 3.18. The SMILES string of the molecule is CCNC(=NCC(=O)OC(C)(C)C)NC(C)c1ccc(C)c(F)c1. The molecule has 0 fully saturated rings. The van der Waals surface area contributed by atoms with Crippen molar-refractivity contribution in [1.29, 1.82) is 0 Å². The summed E-state index contributed by atoms with van der Waals surface area (Å²) in [7, 11) is 0. The highest BCUT2D eigenvalue weighted by molar-refractivity contribution is 5.83. The van der Waals surface area contributed by atoms with E-state index in [0.29, 0.717) is 18.1 Å². The third kappa shape index (κ3) is 6.98. The molecule has 0 spiro atoms. The number of aryl methyl sites for hydroxylation is 1. The lowest BCUT2D eigenvalue weighted by molar-refractivity contribution is -0.152. The molecule has 1 unspecified atom stereocenters. The number of aliphatic imine (C=N–C) groups is 1. The molecule has 24 heavy (non-hydrogen) atoms. The molecule has 0 radical (unpaired) electrons. The monoisotopic (exact) mass is 337 g/mol. The third-order valence-corrected chi connectivity index (χ3v) is 3.18. The summed E-state index contributed by atoms with van der Waals surface area (Å²) in [5, 5.41) is 6.23. The smallest absolute Gasteiger partial charge is 0.328 e. The number of hydrogen-bond acceptors (Lipinski definition) is 3. The molecule has 0 bridgehead atoms. The molecule has 1 atom stereocenters. The summed E-state index contributed by atoms with van der Waals surface area (Å²) in [5.74, 6) is -0.151. The van der Waals surface area contributed by atoms with E-state index in [2.05, 4.69) is 15.6 Å². The lowest BCUT2D eigenvalue weighted by atomic mass is 10.1. The van der Waals surface area contributed by atoms with E-state index in [1.165, 1.54) is 6.07 Å². The average Bonchev–Trinajstić information content (AvgIpc) is 2.46. The molecule has 0 saturated carbocycles. The van der Waals surface area contributed by atoms with E-state index in [0.717, 1.165) is 5.56 Å². The van der Waals surface area contributed by atoms with E-state index >= 15 is 0 Å². The first-order valence-electron chi connectivity index (χ1n) is 8.15. The minimum Gasteiger partial charge on any atom is -0.459 e. The van der Waals surface area contributed by atoms with E-state index < -0.39 is 11.6 Å². The molecule has 1 aromatic carbocycles. The Bertz CT molecular complexity index is 594. The summed E-state index contributed by atoms with van der Waals surface area (Å²) in [5.41, 5.74) is 0.878.